The summed E-state index contributed by atoms with van der Waals surface area (Å²) in [6, 6.07) is 0.242. The van der Waals surface area contributed by atoms with E-state index in [9.17, 15) is 18.0 Å². The van der Waals surface area contributed by atoms with E-state index in [2.05, 4.69) is 12.2 Å². The molecule has 106 valence electrons. The summed E-state index contributed by atoms with van der Waals surface area (Å²) in [5.41, 5.74) is 0. The van der Waals surface area contributed by atoms with Crippen LogP contribution < -0.4 is 10.6 Å². The van der Waals surface area contributed by atoms with Gasteiger partial charge in [0.05, 0.1) is 6.54 Å². The largest absolute Gasteiger partial charge is 0.405 e. The van der Waals surface area contributed by atoms with E-state index in [1.165, 1.54) is 0 Å². The molecule has 1 amide bonds. The first-order chi connectivity index (χ1) is 8.42. The lowest BCUT2D eigenvalue weighted by atomic mass is 10.2. The van der Waals surface area contributed by atoms with E-state index < -0.39 is 18.6 Å². The maximum Gasteiger partial charge on any atom is 0.405 e. The fourth-order valence-electron chi connectivity index (χ4n) is 2.06. The number of carbonyl (C=O) groups is 1. The van der Waals surface area contributed by atoms with Crippen LogP contribution in [0.5, 0.6) is 0 Å². The highest BCUT2D eigenvalue weighted by molar-refractivity contribution is 7.99. The zero-order valence-electron chi connectivity index (χ0n) is 10.3. The summed E-state index contributed by atoms with van der Waals surface area (Å²) >= 11 is 1.84. The zero-order valence-corrected chi connectivity index (χ0v) is 11.2. The molecule has 0 spiro atoms. The Hall–Kier alpha value is -0.430. The Bertz CT molecular complexity index is 274. The first-order valence-corrected chi connectivity index (χ1v) is 7.15. The monoisotopic (exact) mass is 284 g/mol. The quantitative estimate of drug-likeness (QED) is 0.783. The van der Waals surface area contributed by atoms with Crippen LogP contribution in [-0.2, 0) is 4.79 Å². The van der Waals surface area contributed by atoms with E-state index in [1.54, 1.807) is 0 Å². The summed E-state index contributed by atoms with van der Waals surface area (Å²) in [5, 5.41) is 5.39. The molecular weight excluding hydrogens is 265 g/mol. The van der Waals surface area contributed by atoms with Crippen LogP contribution in [0.15, 0.2) is 0 Å². The molecule has 2 N–H and O–H groups in total. The van der Waals surface area contributed by atoms with E-state index in [1.807, 2.05) is 17.1 Å². The zero-order chi connectivity index (χ0) is 13.6. The fourth-order valence-corrected chi connectivity index (χ4v) is 3.28. The Balaban J connectivity index is 2.21. The average Bonchev–Trinajstić information content (AvgIpc) is 2.71. The molecule has 0 heterocycles. The summed E-state index contributed by atoms with van der Waals surface area (Å²) in [4.78, 5) is 11.2. The second kappa shape index (κ2) is 7.23. The predicted octanol–water partition coefficient (Wildman–Crippen LogP) is 1.93. The van der Waals surface area contributed by atoms with Crippen LogP contribution in [0.25, 0.3) is 0 Å². The lowest BCUT2D eigenvalue weighted by Gasteiger charge is -2.20. The molecule has 0 radical (unpaired) electrons. The van der Waals surface area contributed by atoms with Gasteiger partial charge in [0.2, 0.25) is 5.91 Å². The molecule has 7 heteroatoms. The minimum absolute atomic E-state index is 0.0402. The molecule has 0 aromatic heterocycles. The predicted molar refractivity (Wildman–Crippen MR) is 66.6 cm³/mol. The maximum absolute atomic E-state index is 11.9. The molecule has 0 aromatic rings. The molecule has 3 nitrogen and oxygen atoms in total. The lowest BCUT2D eigenvalue weighted by Crippen LogP contribution is -2.43. The van der Waals surface area contributed by atoms with Gasteiger partial charge in [0.1, 0.15) is 6.54 Å². The van der Waals surface area contributed by atoms with Gasteiger partial charge in [-0.05, 0) is 18.6 Å². The van der Waals surface area contributed by atoms with Gasteiger partial charge < -0.3 is 10.6 Å². The normalized spacial score (nSPS) is 24.2. The Kier molecular flexibility index (Phi) is 6.28. The molecule has 1 aliphatic carbocycles. The Morgan fingerprint density at radius 3 is 2.72 bits per heavy atom. The summed E-state index contributed by atoms with van der Waals surface area (Å²) in [6.07, 6.45) is -1.13. The number of alkyl halides is 3. The number of hydrogen-bond acceptors (Lipinski definition) is 3. The molecule has 2 atom stereocenters. The maximum atomic E-state index is 11.9. The SMILES string of the molecule is CCSC1CCCC1NCC(=O)NCC(F)(F)F. The minimum Gasteiger partial charge on any atom is -0.346 e. The van der Waals surface area contributed by atoms with Gasteiger partial charge in [-0.25, -0.2) is 0 Å². The van der Waals surface area contributed by atoms with Crippen LogP contribution in [0.3, 0.4) is 0 Å². The third kappa shape index (κ3) is 5.95. The summed E-state index contributed by atoms with van der Waals surface area (Å²) in [7, 11) is 0. The molecule has 0 saturated heterocycles. The summed E-state index contributed by atoms with van der Waals surface area (Å²) in [6.45, 7) is 0.781. The van der Waals surface area contributed by atoms with E-state index in [0.717, 1.165) is 25.0 Å². The van der Waals surface area contributed by atoms with Crippen molar-refractivity contribution in [1.82, 2.24) is 10.6 Å². The Morgan fingerprint density at radius 2 is 2.11 bits per heavy atom. The van der Waals surface area contributed by atoms with E-state index in [0.29, 0.717) is 5.25 Å². The van der Waals surface area contributed by atoms with Gasteiger partial charge >= 0.3 is 6.18 Å². The van der Waals surface area contributed by atoms with Crippen molar-refractivity contribution in [2.75, 3.05) is 18.8 Å². The average molecular weight is 284 g/mol. The number of halogens is 3. The van der Waals surface area contributed by atoms with Crippen molar-refractivity contribution in [1.29, 1.82) is 0 Å². The van der Waals surface area contributed by atoms with Gasteiger partial charge in [-0.2, -0.15) is 24.9 Å². The van der Waals surface area contributed by atoms with Crippen LogP contribution in [0.1, 0.15) is 26.2 Å². The smallest absolute Gasteiger partial charge is 0.346 e. The second-order valence-corrected chi connectivity index (χ2v) is 5.82. The van der Waals surface area contributed by atoms with Gasteiger partial charge in [0.15, 0.2) is 0 Å². The Morgan fingerprint density at radius 1 is 1.39 bits per heavy atom. The number of amides is 1. The molecule has 1 saturated carbocycles. The van der Waals surface area contributed by atoms with Crippen LogP contribution in [0.4, 0.5) is 13.2 Å². The van der Waals surface area contributed by atoms with Crippen molar-refractivity contribution in [3.63, 3.8) is 0 Å². The number of carbonyl (C=O) groups excluding carboxylic acids is 1. The van der Waals surface area contributed by atoms with Crippen molar-refractivity contribution in [2.45, 2.75) is 43.7 Å². The van der Waals surface area contributed by atoms with Gasteiger partial charge in [-0.3, -0.25) is 4.79 Å². The van der Waals surface area contributed by atoms with Crippen LogP contribution in [0, 0.1) is 0 Å². The first kappa shape index (κ1) is 15.6. The molecular formula is C11H19F3N2OS. The fraction of sp³-hybridized carbons (Fsp3) is 0.909. The van der Waals surface area contributed by atoms with E-state index >= 15 is 0 Å². The van der Waals surface area contributed by atoms with Gasteiger partial charge in [0, 0.05) is 11.3 Å². The number of thioether (sulfide) groups is 1. The van der Waals surface area contributed by atoms with Crippen LogP contribution in [0.2, 0.25) is 0 Å². The summed E-state index contributed by atoms with van der Waals surface area (Å²) < 4.78 is 35.6. The molecule has 1 rings (SSSR count). The third-order valence-electron chi connectivity index (χ3n) is 2.84. The van der Waals surface area contributed by atoms with Crippen LogP contribution >= 0.6 is 11.8 Å². The lowest BCUT2D eigenvalue weighted by molar-refractivity contribution is -0.137. The van der Waals surface area contributed by atoms with Crippen molar-refractivity contribution in [3.8, 4) is 0 Å². The topological polar surface area (TPSA) is 41.1 Å². The molecule has 0 aliphatic heterocycles. The molecule has 0 aromatic carbocycles. The van der Waals surface area contributed by atoms with Gasteiger partial charge in [0.25, 0.3) is 0 Å². The van der Waals surface area contributed by atoms with E-state index in [4.69, 9.17) is 0 Å². The standard InChI is InChI=1S/C11H19F3N2OS/c1-2-18-9-5-3-4-8(9)15-6-10(17)16-7-11(12,13)14/h8-9,15H,2-7H2,1H3,(H,16,17). The van der Waals surface area contributed by atoms with Crippen molar-refractivity contribution < 1.29 is 18.0 Å². The number of rotatable bonds is 6. The number of nitrogens with one attached hydrogen (secondary N) is 2. The minimum atomic E-state index is -4.34. The first-order valence-electron chi connectivity index (χ1n) is 6.11. The van der Waals surface area contributed by atoms with E-state index in [-0.39, 0.29) is 12.6 Å². The molecule has 1 fully saturated rings. The van der Waals surface area contributed by atoms with Crippen LogP contribution in [-0.4, -0.2) is 42.2 Å². The second-order valence-electron chi connectivity index (χ2n) is 4.30. The molecule has 2 unspecified atom stereocenters. The van der Waals surface area contributed by atoms with Crippen molar-refractivity contribution in [2.24, 2.45) is 0 Å². The van der Waals surface area contributed by atoms with Gasteiger partial charge in [-0.15, -0.1) is 0 Å². The third-order valence-corrected chi connectivity index (χ3v) is 4.17. The highest BCUT2D eigenvalue weighted by atomic mass is 32.2. The van der Waals surface area contributed by atoms with Gasteiger partial charge in [-0.1, -0.05) is 13.3 Å². The Labute approximate surface area is 109 Å². The highest BCUT2D eigenvalue weighted by Crippen LogP contribution is 2.29. The molecule has 0 bridgehead atoms. The number of hydrogen-bond donors (Lipinski definition) is 2. The molecule has 1 aliphatic rings. The molecule has 18 heavy (non-hydrogen) atoms. The summed E-state index contributed by atoms with van der Waals surface area (Å²) in [5.74, 6) is 0.419. The van der Waals surface area contributed by atoms with Crippen molar-refractivity contribution in [3.05, 3.63) is 0 Å². The van der Waals surface area contributed by atoms with Crippen molar-refractivity contribution >= 4 is 17.7 Å². The highest BCUT2D eigenvalue weighted by Gasteiger charge is 2.29.